The fourth-order valence-corrected chi connectivity index (χ4v) is 4.22. The zero-order valence-electron chi connectivity index (χ0n) is 19.8. The van der Waals surface area contributed by atoms with Gasteiger partial charge in [-0.3, -0.25) is 4.57 Å². The maximum absolute atomic E-state index is 13.7. The molecule has 0 saturated heterocycles. The van der Waals surface area contributed by atoms with Crippen LogP contribution in [0.15, 0.2) is 72.8 Å². The monoisotopic (exact) mass is 521 g/mol. The summed E-state index contributed by atoms with van der Waals surface area (Å²) in [5, 5.41) is 9.49. The van der Waals surface area contributed by atoms with E-state index in [2.05, 4.69) is 0 Å². The van der Waals surface area contributed by atoms with Crippen LogP contribution in [-0.4, -0.2) is 30.5 Å². The van der Waals surface area contributed by atoms with Gasteiger partial charge in [-0.1, -0.05) is 60.7 Å². The van der Waals surface area contributed by atoms with Gasteiger partial charge in [0.1, 0.15) is 5.75 Å². The van der Waals surface area contributed by atoms with Crippen LogP contribution in [-0.2, 0) is 28.1 Å². The molecule has 0 aliphatic rings. The molecular formula is C27H31F3NO4P. The highest BCUT2D eigenvalue weighted by Crippen LogP contribution is 2.37. The van der Waals surface area contributed by atoms with Crippen LogP contribution in [0.3, 0.4) is 0 Å². The average Bonchev–Trinajstić information content (AvgIpc) is 2.89. The third-order valence-corrected chi connectivity index (χ3v) is 6.25. The van der Waals surface area contributed by atoms with Gasteiger partial charge in [0, 0.05) is 0 Å². The molecule has 3 N–H and O–H groups in total. The molecule has 0 saturated carbocycles. The minimum absolute atomic E-state index is 0.134. The molecule has 194 valence electrons. The molecule has 3 aromatic carbocycles. The Bertz CT molecular complexity index is 1110. The quantitative estimate of drug-likeness (QED) is 0.223. The summed E-state index contributed by atoms with van der Waals surface area (Å²) in [6.45, 7) is -0.423. The van der Waals surface area contributed by atoms with Crippen molar-refractivity contribution in [1.29, 1.82) is 0 Å². The number of benzene rings is 3. The minimum Gasteiger partial charge on any atom is -0.493 e. The lowest BCUT2D eigenvalue weighted by Crippen LogP contribution is -2.47. The van der Waals surface area contributed by atoms with Crippen LogP contribution in [0.25, 0.3) is 11.1 Å². The van der Waals surface area contributed by atoms with Gasteiger partial charge in [0.2, 0.25) is 0 Å². The highest BCUT2D eigenvalue weighted by atomic mass is 31.1. The molecular weight excluding hydrogens is 490 g/mol. The number of aliphatic hydroxyl groups excluding tert-OH is 1. The summed E-state index contributed by atoms with van der Waals surface area (Å²) >= 11 is 0. The minimum atomic E-state index is -4.58. The molecule has 0 spiro atoms. The largest absolute Gasteiger partial charge is 0.493 e. The van der Waals surface area contributed by atoms with Crippen molar-refractivity contribution >= 4 is 8.69 Å². The van der Waals surface area contributed by atoms with Gasteiger partial charge in [-0.15, -0.1) is 0 Å². The van der Waals surface area contributed by atoms with E-state index in [4.69, 9.17) is 15.0 Å². The standard InChI is InChI=1S/C27H31F3NO4P/c28-27(29,30)24-17-21(14-15-26(31,18-32)19-35-36-33)10-13-25(24)34-16-4-5-20-8-11-23(12-9-20)22-6-2-1-3-7-22/h1-3,6-13,17,32H,4-5,14-16,18-19,31,36H2. The number of aliphatic hydroxyl groups is 1. The molecule has 0 heterocycles. The van der Waals surface area contributed by atoms with Gasteiger partial charge in [0.15, 0.2) is 8.69 Å². The van der Waals surface area contributed by atoms with Crippen molar-refractivity contribution in [3.05, 3.63) is 89.5 Å². The Morgan fingerprint density at radius 3 is 2.19 bits per heavy atom. The third-order valence-electron chi connectivity index (χ3n) is 5.94. The van der Waals surface area contributed by atoms with E-state index in [1.165, 1.54) is 6.07 Å². The van der Waals surface area contributed by atoms with Crippen LogP contribution >= 0.6 is 8.69 Å². The van der Waals surface area contributed by atoms with E-state index in [0.717, 1.165) is 22.8 Å². The number of rotatable bonds is 13. The van der Waals surface area contributed by atoms with Crippen LogP contribution in [0.4, 0.5) is 13.2 Å². The maximum atomic E-state index is 13.7. The summed E-state index contributed by atoms with van der Waals surface area (Å²) < 4.78 is 62.0. The van der Waals surface area contributed by atoms with E-state index in [1.807, 2.05) is 54.6 Å². The second-order valence-corrected chi connectivity index (χ2v) is 9.30. The van der Waals surface area contributed by atoms with Crippen molar-refractivity contribution < 1.29 is 32.1 Å². The number of nitrogens with two attached hydrogens (primary N) is 1. The van der Waals surface area contributed by atoms with E-state index in [1.54, 1.807) is 6.07 Å². The van der Waals surface area contributed by atoms with E-state index >= 15 is 0 Å². The molecule has 3 rings (SSSR count). The molecule has 0 fully saturated rings. The van der Waals surface area contributed by atoms with Gasteiger partial charge in [-0.2, -0.15) is 13.2 Å². The lowest BCUT2D eigenvalue weighted by molar-refractivity contribution is -0.139. The first kappa shape index (κ1) is 27.9. The van der Waals surface area contributed by atoms with Gasteiger partial charge in [-0.05, 0) is 60.1 Å². The first-order valence-corrected chi connectivity index (χ1v) is 12.6. The lowest BCUT2D eigenvalue weighted by Gasteiger charge is -2.26. The molecule has 2 unspecified atom stereocenters. The molecule has 0 bridgehead atoms. The lowest BCUT2D eigenvalue weighted by atomic mass is 9.93. The summed E-state index contributed by atoms with van der Waals surface area (Å²) in [4.78, 5) is 0. The molecule has 0 aromatic heterocycles. The number of alkyl halides is 3. The van der Waals surface area contributed by atoms with Crippen molar-refractivity contribution in [1.82, 2.24) is 0 Å². The first-order chi connectivity index (χ1) is 17.2. The Morgan fingerprint density at radius 2 is 1.56 bits per heavy atom. The summed E-state index contributed by atoms with van der Waals surface area (Å²) in [5.41, 5.74) is 7.71. The molecule has 5 nitrogen and oxygen atoms in total. The van der Waals surface area contributed by atoms with Gasteiger partial charge < -0.3 is 20.1 Å². The molecule has 2 atom stereocenters. The number of hydrogen-bond donors (Lipinski definition) is 2. The van der Waals surface area contributed by atoms with Crippen LogP contribution in [0.2, 0.25) is 0 Å². The zero-order chi connectivity index (χ0) is 26.0. The smallest absolute Gasteiger partial charge is 0.419 e. The number of aryl methyl sites for hydroxylation is 2. The van der Waals surface area contributed by atoms with Crippen LogP contribution in [0.1, 0.15) is 29.5 Å². The van der Waals surface area contributed by atoms with Crippen LogP contribution in [0.5, 0.6) is 5.75 Å². The van der Waals surface area contributed by atoms with Gasteiger partial charge >= 0.3 is 6.18 Å². The Hall–Kier alpha value is -2.64. The number of hydrogen-bond acceptors (Lipinski definition) is 5. The Labute approximate surface area is 210 Å². The predicted molar refractivity (Wildman–Crippen MR) is 136 cm³/mol. The molecule has 0 amide bonds. The van der Waals surface area contributed by atoms with Crippen molar-refractivity contribution in [2.75, 3.05) is 19.8 Å². The number of ether oxygens (including phenoxy) is 1. The number of halogens is 3. The highest BCUT2D eigenvalue weighted by Gasteiger charge is 2.35. The van der Waals surface area contributed by atoms with Gasteiger partial charge in [-0.25, -0.2) is 0 Å². The average molecular weight is 522 g/mol. The first-order valence-electron chi connectivity index (χ1n) is 11.7. The van der Waals surface area contributed by atoms with E-state index in [-0.39, 0.29) is 31.8 Å². The molecule has 0 aliphatic heterocycles. The van der Waals surface area contributed by atoms with E-state index in [9.17, 15) is 22.8 Å². The molecule has 36 heavy (non-hydrogen) atoms. The fourth-order valence-electron chi connectivity index (χ4n) is 3.82. The Kier molecular flexibility index (Phi) is 10.1. The third kappa shape index (κ3) is 8.20. The second kappa shape index (κ2) is 13.1. The molecule has 0 aliphatic carbocycles. The Morgan fingerprint density at radius 1 is 0.889 bits per heavy atom. The molecule has 3 aromatic rings. The fraction of sp³-hybridized carbons (Fsp3) is 0.333. The normalized spacial score (nSPS) is 13.7. The van der Waals surface area contributed by atoms with Crippen molar-refractivity contribution in [3.8, 4) is 16.9 Å². The topological polar surface area (TPSA) is 81.8 Å². The maximum Gasteiger partial charge on any atom is 0.419 e. The predicted octanol–water partition coefficient (Wildman–Crippen LogP) is 5.69. The summed E-state index contributed by atoms with van der Waals surface area (Å²) in [5.74, 6) is -0.217. The van der Waals surface area contributed by atoms with Crippen molar-refractivity contribution in [2.24, 2.45) is 5.73 Å². The van der Waals surface area contributed by atoms with Gasteiger partial charge in [0.05, 0.1) is 30.9 Å². The summed E-state index contributed by atoms with van der Waals surface area (Å²) in [6.07, 6.45) is -2.97. The van der Waals surface area contributed by atoms with Crippen molar-refractivity contribution in [2.45, 2.75) is 37.4 Å². The van der Waals surface area contributed by atoms with Crippen molar-refractivity contribution in [3.63, 3.8) is 0 Å². The summed E-state index contributed by atoms with van der Waals surface area (Å²) in [7, 11) is -1.48. The molecule has 0 radical (unpaired) electrons. The molecule has 9 heteroatoms. The van der Waals surface area contributed by atoms with Crippen LogP contribution in [0, 0.1) is 0 Å². The van der Waals surface area contributed by atoms with Crippen LogP contribution < -0.4 is 10.5 Å². The summed E-state index contributed by atoms with van der Waals surface area (Å²) in [6, 6.07) is 22.0. The highest BCUT2D eigenvalue weighted by molar-refractivity contribution is 7.17. The van der Waals surface area contributed by atoms with E-state index in [0.29, 0.717) is 18.4 Å². The SMILES string of the molecule is NC(CO)(CCc1ccc(OCCCc2ccc(-c3ccccc3)cc2)c(C(F)(F)F)c1)CO[PH2]=O. The second-order valence-electron chi connectivity index (χ2n) is 8.77. The zero-order valence-corrected chi connectivity index (χ0v) is 21.0. The Balaban J connectivity index is 1.57. The van der Waals surface area contributed by atoms with Gasteiger partial charge in [0.25, 0.3) is 0 Å². The van der Waals surface area contributed by atoms with E-state index < -0.39 is 32.6 Å².